The molecule has 3 aromatic carbocycles. The number of fused-ring (bicyclic) bond motifs is 1. The second-order valence-corrected chi connectivity index (χ2v) is 8.40. The number of rotatable bonds is 3. The van der Waals surface area contributed by atoms with Crippen LogP contribution in [0.15, 0.2) is 72.4 Å². The molecule has 160 valence electrons. The predicted molar refractivity (Wildman–Crippen MR) is 122 cm³/mol. The van der Waals surface area contributed by atoms with Gasteiger partial charge in [0, 0.05) is 13.1 Å². The van der Waals surface area contributed by atoms with Crippen LogP contribution >= 0.6 is 0 Å². The Bertz CT molecular complexity index is 1280. The molecule has 4 nitrogen and oxygen atoms in total. The minimum atomic E-state index is -0.414. The van der Waals surface area contributed by atoms with Crippen LogP contribution in [0, 0.1) is 19.7 Å². The number of amides is 2. The third kappa shape index (κ3) is 3.30. The molecule has 0 aliphatic carbocycles. The van der Waals surface area contributed by atoms with E-state index in [0.29, 0.717) is 30.0 Å². The van der Waals surface area contributed by atoms with E-state index in [1.54, 1.807) is 0 Å². The van der Waals surface area contributed by atoms with E-state index in [4.69, 9.17) is 0 Å². The first-order valence-corrected chi connectivity index (χ1v) is 10.7. The van der Waals surface area contributed by atoms with Gasteiger partial charge in [-0.2, -0.15) is 0 Å². The highest BCUT2D eigenvalue weighted by atomic mass is 19.1. The number of hydrogen-bond donors (Lipinski definition) is 0. The van der Waals surface area contributed by atoms with Gasteiger partial charge in [0.1, 0.15) is 11.5 Å². The van der Waals surface area contributed by atoms with Crippen molar-refractivity contribution in [1.29, 1.82) is 0 Å². The average molecular weight is 426 g/mol. The third-order valence-electron chi connectivity index (χ3n) is 6.24. The van der Waals surface area contributed by atoms with E-state index >= 15 is 0 Å². The smallest absolute Gasteiger partial charge is 0.282 e. The topological polar surface area (TPSA) is 40.6 Å². The Hall–Kier alpha value is -3.73. The molecule has 2 aliphatic heterocycles. The number of carbonyl (C=O) groups is 2. The second-order valence-electron chi connectivity index (χ2n) is 8.40. The average Bonchev–Trinajstić information content (AvgIpc) is 3.04. The quantitative estimate of drug-likeness (QED) is 0.566. The van der Waals surface area contributed by atoms with Gasteiger partial charge in [0.25, 0.3) is 11.8 Å². The van der Waals surface area contributed by atoms with E-state index in [0.717, 1.165) is 28.7 Å². The normalized spacial score (nSPS) is 16.1. The zero-order valence-electron chi connectivity index (χ0n) is 18.1. The Labute approximate surface area is 186 Å². The molecule has 0 N–H and O–H groups in total. The number of carbonyl (C=O) groups excluding carboxylic acids is 2. The van der Waals surface area contributed by atoms with Crippen LogP contribution in [0.1, 0.15) is 27.8 Å². The van der Waals surface area contributed by atoms with Crippen molar-refractivity contribution in [2.45, 2.75) is 26.8 Å². The van der Waals surface area contributed by atoms with Gasteiger partial charge in [0.2, 0.25) is 0 Å². The molecule has 2 heterocycles. The van der Waals surface area contributed by atoms with E-state index in [1.165, 1.54) is 34.7 Å². The predicted octanol–water partition coefficient (Wildman–Crippen LogP) is 4.79. The maximum atomic E-state index is 13.7. The lowest BCUT2D eigenvalue weighted by Crippen LogP contribution is -2.37. The summed E-state index contributed by atoms with van der Waals surface area (Å²) in [4.78, 5) is 30.5. The number of anilines is 1. The highest BCUT2D eigenvalue weighted by Crippen LogP contribution is 2.38. The van der Waals surface area contributed by atoms with E-state index < -0.39 is 5.82 Å². The molecule has 2 amide bonds. The van der Waals surface area contributed by atoms with Crippen molar-refractivity contribution in [2.24, 2.45) is 0 Å². The van der Waals surface area contributed by atoms with Crippen molar-refractivity contribution >= 4 is 23.1 Å². The molecule has 0 unspecified atom stereocenters. The molecule has 0 aromatic heterocycles. The summed E-state index contributed by atoms with van der Waals surface area (Å²) < 4.78 is 13.5. The van der Waals surface area contributed by atoms with Crippen LogP contribution in [0.4, 0.5) is 10.1 Å². The van der Waals surface area contributed by atoms with Crippen LogP contribution in [0.5, 0.6) is 0 Å². The van der Waals surface area contributed by atoms with E-state index in [-0.39, 0.29) is 11.8 Å². The van der Waals surface area contributed by atoms with Gasteiger partial charge in [-0.25, -0.2) is 9.29 Å². The maximum absolute atomic E-state index is 13.7. The molecule has 2 aliphatic rings. The van der Waals surface area contributed by atoms with Crippen LogP contribution in [-0.4, -0.2) is 23.3 Å². The Morgan fingerprint density at radius 3 is 2.28 bits per heavy atom. The van der Waals surface area contributed by atoms with Crippen molar-refractivity contribution in [2.75, 3.05) is 11.4 Å². The summed E-state index contributed by atoms with van der Waals surface area (Å²) >= 11 is 0. The number of hydrogen-bond acceptors (Lipinski definition) is 3. The number of nitrogens with zero attached hydrogens (tertiary/aromatic N) is 2. The molecule has 32 heavy (non-hydrogen) atoms. The van der Waals surface area contributed by atoms with Crippen LogP contribution in [0.25, 0.3) is 5.57 Å². The number of benzene rings is 3. The lowest BCUT2D eigenvalue weighted by Gasteiger charge is -2.31. The molecule has 0 fully saturated rings. The first-order valence-electron chi connectivity index (χ1n) is 10.7. The van der Waals surface area contributed by atoms with Gasteiger partial charge in [0.05, 0.1) is 11.3 Å². The van der Waals surface area contributed by atoms with Crippen molar-refractivity contribution in [3.05, 3.63) is 106 Å². The van der Waals surface area contributed by atoms with Crippen LogP contribution in [0.3, 0.4) is 0 Å². The minimum Gasteiger partial charge on any atom is -0.362 e. The zero-order chi connectivity index (χ0) is 22.4. The lowest BCUT2D eigenvalue weighted by molar-refractivity contribution is -0.120. The lowest BCUT2D eigenvalue weighted by atomic mass is 9.95. The molecule has 0 saturated heterocycles. The van der Waals surface area contributed by atoms with Crippen LogP contribution in [-0.2, 0) is 22.6 Å². The Morgan fingerprint density at radius 2 is 1.56 bits per heavy atom. The minimum absolute atomic E-state index is 0.365. The molecule has 0 spiro atoms. The molecule has 3 aromatic rings. The van der Waals surface area contributed by atoms with Gasteiger partial charge >= 0.3 is 0 Å². The standard InChI is InChI=1S/C27H23FN2O2/c1-17-7-12-23(18(2)15-17)24-25(29-14-13-19-5-3-4-6-20(19)16-29)27(32)30(26(24)31)22-10-8-21(28)9-11-22/h3-12,15H,13-14,16H2,1-2H3. The molecular formula is C27H23FN2O2. The van der Waals surface area contributed by atoms with Gasteiger partial charge in [-0.05, 0) is 66.8 Å². The van der Waals surface area contributed by atoms with Crippen LogP contribution < -0.4 is 4.90 Å². The molecular weight excluding hydrogens is 403 g/mol. The Morgan fingerprint density at radius 1 is 0.844 bits per heavy atom. The zero-order valence-corrected chi connectivity index (χ0v) is 18.1. The third-order valence-corrected chi connectivity index (χ3v) is 6.24. The second kappa shape index (κ2) is 7.75. The molecule has 0 radical (unpaired) electrons. The summed E-state index contributed by atoms with van der Waals surface area (Å²) in [5.74, 6) is -1.15. The summed E-state index contributed by atoms with van der Waals surface area (Å²) in [5.41, 5.74) is 6.42. The first-order chi connectivity index (χ1) is 15.4. The fourth-order valence-corrected chi connectivity index (χ4v) is 4.66. The molecule has 0 atom stereocenters. The van der Waals surface area contributed by atoms with Crippen molar-refractivity contribution in [1.82, 2.24) is 4.90 Å². The maximum Gasteiger partial charge on any atom is 0.282 e. The summed E-state index contributed by atoms with van der Waals surface area (Å²) in [6.07, 6.45) is 0.803. The highest BCUT2D eigenvalue weighted by molar-refractivity contribution is 6.45. The molecule has 5 rings (SSSR count). The van der Waals surface area contributed by atoms with Gasteiger partial charge in [-0.1, -0.05) is 48.0 Å². The largest absolute Gasteiger partial charge is 0.362 e. The van der Waals surface area contributed by atoms with Gasteiger partial charge in [0.15, 0.2) is 0 Å². The number of imide groups is 1. The SMILES string of the molecule is Cc1ccc(C2=C(N3CCc4ccccc4C3)C(=O)N(c3ccc(F)cc3)C2=O)c(C)c1. The summed E-state index contributed by atoms with van der Waals surface area (Å²) in [6.45, 7) is 5.17. The summed E-state index contributed by atoms with van der Waals surface area (Å²) in [7, 11) is 0. The number of halogens is 1. The number of aryl methyl sites for hydroxylation is 2. The van der Waals surface area contributed by atoms with E-state index in [2.05, 4.69) is 12.1 Å². The Balaban J connectivity index is 1.65. The summed E-state index contributed by atoms with van der Waals surface area (Å²) in [6, 6.07) is 19.6. The molecule has 0 bridgehead atoms. The van der Waals surface area contributed by atoms with Crippen molar-refractivity contribution in [3.8, 4) is 0 Å². The van der Waals surface area contributed by atoms with Gasteiger partial charge < -0.3 is 4.90 Å². The Kier molecular flexibility index (Phi) is 4.89. The molecule has 0 saturated carbocycles. The van der Waals surface area contributed by atoms with Crippen molar-refractivity contribution < 1.29 is 14.0 Å². The van der Waals surface area contributed by atoms with Gasteiger partial charge in [-0.3, -0.25) is 9.59 Å². The van der Waals surface area contributed by atoms with Crippen LogP contribution in [0.2, 0.25) is 0 Å². The highest BCUT2D eigenvalue weighted by Gasteiger charge is 2.43. The molecule has 5 heteroatoms. The van der Waals surface area contributed by atoms with Gasteiger partial charge in [-0.15, -0.1) is 0 Å². The first kappa shape index (κ1) is 20.2. The monoisotopic (exact) mass is 426 g/mol. The summed E-state index contributed by atoms with van der Waals surface area (Å²) in [5, 5.41) is 0. The van der Waals surface area contributed by atoms with E-state index in [9.17, 15) is 14.0 Å². The fraction of sp³-hybridized carbons (Fsp3) is 0.185. The van der Waals surface area contributed by atoms with Crippen molar-refractivity contribution in [3.63, 3.8) is 0 Å². The van der Waals surface area contributed by atoms with E-state index in [1.807, 2.05) is 49.1 Å². The fourth-order valence-electron chi connectivity index (χ4n) is 4.66.